The molecule has 1 saturated heterocycles. The van der Waals surface area contributed by atoms with Crippen molar-refractivity contribution >= 4 is 35.3 Å². The number of ether oxygens (including phenoxy) is 2. The first-order chi connectivity index (χ1) is 17.8. The Balaban J connectivity index is 1.52. The van der Waals surface area contributed by atoms with Crippen LogP contribution in [0.2, 0.25) is 5.02 Å². The molecule has 8 nitrogen and oxygen atoms in total. The summed E-state index contributed by atoms with van der Waals surface area (Å²) in [5, 5.41) is 0.124. The Morgan fingerprint density at radius 2 is 1.54 bits per heavy atom. The van der Waals surface area contributed by atoms with Gasteiger partial charge in [0.25, 0.3) is 5.91 Å². The van der Waals surface area contributed by atoms with Gasteiger partial charge in [0.1, 0.15) is 0 Å². The number of hydrogen-bond donors (Lipinski definition) is 0. The van der Waals surface area contributed by atoms with Gasteiger partial charge in [-0.15, -0.1) is 0 Å². The SMILES string of the molecule is CCCCCCCCCCCCOC(=O)c1ccc(Cl)c(N2C(=O)OC(c3nc(C)cc(C)n3)C2=O)c1. The maximum Gasteiger partial charge on any atom is 0.422 e. The van der Waals surface area contributed by atoms with Gasteiger partial charge in [0.2, 0.25) is 6.10 Å². The highest BCUT2D eigenvalue weighted by Gasteiger charge is 2.45. The van der Waals surface area contributed by atoms with Gasteiger partial charge in [-0.1, -0.05) is 76.3 Å². The van der Waals surface area contributed by atoms with Gasteiger partial charge in [0, 0.05) is 11.4 Å². The molecule has 1 aromatic heterocycles. The molecular weight excluding hydrogens is 494 g/mol. The number of imide groups is 1. The monoisotopic (exact) mass is 529 g/mol. The number of anilines is 1. The molecule has 9 heteroatoms. The van der Waals surface area contributed by atoms with E-state index in [1.807, 2.05) is 0 Å². The Bertz CT molecular complexity index is 1090. The number of hydrogen-bond acceptors (Lipinski definition) is 7. The molecule has 2 aromatic rings. The van der Waals surface area contributed by atoms with Crippen molar-refractivity contribution in [3.63, 3.8) is 0 Å². The van der Waals surface area contributed by atoms with Crippen molar-refractivity contribution in [2.24, 2.45) is 0 Å². The zero-order valence-corrected chi connectivity index (χ0v) is 22.7. The fraction of sp³-hybridized carbons (Fsp3) is 0.536. The van der Waals surface area contributed by atoms with Crippen molar-refractivity contribution in [1.29, 1.82) is 0 Å². The standard InChI is InChI=1S/C28H36ClN3O5/c1-4-5-6-7-8-9-10-11-12-13-16-36-27(34)21-14-15-22(29)23(18-21)32-26(33)24(37-28(32)35)25-30-19(2)17-20(3)31-25/h14-15,17-18,24H,4-13,16H2,1-3H3. The molecule has 0 saturated carbocycles. The number of benzene rings is 1. The number of aryl methyl sites for hydroxylation is 2. The number of carbonyl (C=O) groups excluding carboxylic acids is 3. The Morgan fingerprint density at radius 1 is 0.946 bits per heavy atom. The minimum atomic E-state index is -1.28. The summed E-state index contributed by atoms with van der Waals surface area (Å²) in [4.78, 5) is 47.6. The van der Waals surface area contributed by atoms with Gasteiger partial charge < -0.3 is 9.47 Å². The maximum atomic E-state index is 13.1. The molecule has 1 unspecified atom stereocenters. The molecule has 1 aliphatic heterocycles. The number of cyclic esters (lactones) is 1. The average molecular weight is 530 g/mol. The van der Waals surface area contributed by atoms with Gasteiger partial charge in [0.05, 0.1) is 22.9 Å². The van der Waals surface area contributed by atoms with Gasteiger partial charge in [-0.3, -0.25) is 4.79 Å². The van der Waals surface area contributed by atoms with E-state index in [4.69, 9.17) is 21.1 Å². The van der Waals surface area contributed by atoms with Crippen LogP contribution in [0.15, 0.2) is 24.3 Å². The molecular formula is C28H36ClN3O5. The van der Waals surface area contributed by atoms with Crippen LogP contribution in [0, 0.1) is 13.8 Å². The first-order valence-corrected chi connectivity index (χ1v) is 13.5. The summed E-state index contributed by atoms with van der Waals surface area (Å²) in [6.45, 7) is 6.06. The van der Waals surface area contributed by atoms with Gasteiger partial charge in [-0.25, -0.2) is 24.5 Å². The summed E-state index contributed by atoms with van der Waals surface area (Å²) < 4.78 is 10.7. The minimum absolute atomic E-state index is 0.0527. The summed E-state index contributed by atoms with van der Waals surface area (Å²) in [5.41, 5.74) is 1.54. The second kappa shape index (κ2) is 14.1. The second-order valence-electron chi connectivity index (χ2n) is 9.43. The van der Waals surface area contributed by atoms with Crippen molar-refractivity contribution in [1.82, 2.24) is 9.97 Å². The summed E-state index contributed by atoms with van der Waals surface area (Å²) in [6.07, 6.45) is 9.71. The van der Waals surface area contributed by atoms with Crippen LogP contribution in [-0.2, 0) is 14.3 Å². The summed E-state index contributed by atoms with van der Waals surface area (Å²) >= 11 is 6.29. The molecule has 2 heterocycles. The van der Waals surface area contributed by atoms with E-state index in [-0.39, 0.29) is 22.1 Å². The van der Waals surface area contributed by atoms with E-state index in [9.17, 15) is 14.4 Å². The van der Waals surface area contributed by atoms with Crippen LogP contribution in [0.4, 0.5) is 10.5 Å². The van der Waals surface area contributed by atoms with Crippen LogP contribution in [0.1, 0.15) is 105 Å². The second-order valence-corrected chi connectivity index (χ2v) is 9.84. The molecule has 0 N–H and O–H groups in total. The van der Waals surface area contributed by atoms with Crippen molar-refractivity contribution in [2.45, 2.75) is 91.1 Å². The molecule has 3 rings (SSSR count). The smallest absolute Gasteiger partial charge is 0.422 e. The van der Waals surface area contributed by atoms with Crippen LogP contribution >= 0.6 is 11.6 Å². The highest BCUT2D eigenvalue weighted by Crippen LogP contribution is 2.35. The number of carbonyl (C=O) groups is 3. The Labute approximate surface area is 223 Å². The molecule has 1 aliphatic rings. The first kappa shape index (κ1) is 28.6. The van der Waals surface area contributed by atoms with Crippen molar-refractivity contribution in [2.75, 3.05) is 11.5 Å². The average Bonchev–Trinajstić information content (AvgIpc) is 3.15. The van der Waals surface area contributed by atoms with E-state index in [2.05, 4.69) is 16.9 Å². The Morgan fingerprint density at radius 3 is 2.16 bits per heavy atom. The zero-order valence-electron chi connectivity index (χ0n) is 21.9. The largest absolute Gasteiger partial charge is 0.462 e. The summed E-state index contributed by atoms with van der Waals surface area (Å²) in [5.74, 6) is -1.11. The number of amides is 2. The van der Waals surface area contributed by atoms with E-state index in [0.717, 1.165) is 24.2 Å². The van der Waals surface area contributed by atoms with Gasteiger partial charge in [0.15, 0.2) is 5.82 Å². The summed E-state index contributed by atoms with van der Waals surface area (Å²) in [6, 6.07) is 6.08. The number of esters is 1. The number of rotatable bonds is 14. The van der Waals surface area contributed by atoms with E-state index in [0.29, 0.717) is 18.0 Å². The van der Waals surface area contributed by atoms with Crippen molar-refractivity contribution in [3.05, 3.63) is 52.1 Å². The topological polar surface area (TPSA) is 98.7 Å². The van der Waals surface area contributed by atoms with Crippen LogP contribution in [0.3, 0.4) is 0 Å². The lowest BCUT2D eigenvalue weighted by atomic mass is 10.1. The number of halogens is 1. The molecule has 0 aliphatic carbocycles. The normalized spacial score (nSPS) is 15.2. The summed E-state index contributed by atoms with van der Waals surface area (Å²) in [7, 11) is 0. The lowest BCUT2D eigenvalue weighted by Crippen LogP contribution is -2.30. The van der Waals surface area contributed by atoms with Crippen molar-refractivity contribution in [3.8, 4) is 0 Å². The Hall–Kier alpha value is -3.00. The van der Waals surface area contributed by atoms with E-state index >= 15 is 0 Å². The number of nitrogens with zero attached hydrogens (tertiary/aromatic N) is 3. The molecule has 1 aromatic carbocycles. The van der Waals surface area contributed by atoms with Crippen LogP contribution in [-0.4, -0.2) is 34.5 Å². The molecule has 37 heavy (non-hydrogen) atoms. The first-order valence-electron chi connectivity index (χ1n) is 13.1. The van der Waals surface area contributed by atoms with Gasteiger partial charge >= 0.3 is 12.1 Å². The fourth-order valence-electron chi connectivity index (χ4n) is 4.31. The predicted molar refractivity (Wildman–Crippen MR) is 142 cm³/mol. The third-order valence-electron chi connectivity index (χ3n) is 6.23. The predicted octanol–water partition coefficient (Wildman–Crippen LogP) is 7.05. The quantitative estimate of drug-likeness (QED) is 0.191. The van der Waals surface area contributed by atoms with Crippen LogP contribution < -0.4 is 4.90 Å². The third-order valence-corrected chi connectivity index (χ3v) is 6.55. The minimum Gasteiger partial charge on any atom is -0.462 e. The number of aromatic nitrogens is 2. The molecule has 1 fully saturated rings. The molecule has 0 bridgehead atoms. The fourth-order valence-corrected chi connectivity index (χ4v) is 4.51. The molecule has 2 amide bonds. The molecule has 0 spiro atoms. The number of unbranched alkanes of at least 4 members (excludes halogenated alkanes) is 9. The Kier molecular flexibility index (Phi) is 10.9. The van der Waals surface area contributed by atoms with Crippen LogP contribution in [0.25, 0.3) is 0 Å². The van der Waals surface area contributed by atoms with Gasteiger partial charge in [-0.05, 0) is 44.5 Å². The highest BCUT2D eigenvalue weighted by molar-refractivity contribution is 6.35. The van der Waals surface area contributed by atoms with E-state index in [1.165, 1.54) is 63.1 Å². The van der Waals surface area contributed by atoms with Crippen LogP contribution in [0.5, 0.6) is 0 Å². The maximum absolute atomic E-state index is 13.1. The van der Waals surface area contributed by atoms with Crippen molar-refractivity contribution < 1.29 is 23.9 Å². The molecule has 200 valence electrons. The van der Waals surface area contributed by atoms with E-state index in [1.54, 1.807) is 19.9 Å². The lowest BCUT2D eigenvalue weighted by Gasteiger charge is -2.14. The van der Waals surface area contributed by atoms with Gasteiger partial charge in [-0.2, -0.15) is 0 Å². The molecule has 0 radical (unpaired) electrons. The highest BCUT2D eigenvalue weighted by atomic mass is 35.5. The molecule has 1 atom stereocenters. The van der Waals surface area contributed by atoms with E-state index < -0.39 is 24.1 Å². The third kappa shape index (κ3) is 7.99. The lowest BCUT2D eigenvalue weighted by molar-refractivity contribution is -0.122. The zero-order chi connectivity index (χ0) is 26.8.